The van der Waals surface area contributed by atoms with Gasteiger partial charge in [0.2, 0.25) is 0 Å². The minimum Gasteiger partial charge on any atom is -0.393 e. The zero-order valence-corrected chi connectivity index (χ0v) is 12.6. The van der Waals surface area contributed by atoms with Gasteiger partial charge in [0.1, 0.15) is 0 Å². The molecule has 0 aliphatic heterocycles. The first-order valence-electron chi connectivity index (χ1n) is 7.10. The Hall–Kier alpha value is -0.410. The fraction of sp³-hybridized carbons (Fsp3) is 0.800. The van der Waals surface area contributed by atoms with E-state index in [0.717, 1.165) is 12.8 Å². The van der Waals surface area contributed by atoms with Crippen molar-refractivity contribution in [2.75, 3.05) is 0 Å². The first kappa shape index (κ1) is 14.0. The van der Waals surface area contributed by atoms with Crippen LogP contribution in [0.2, 0.25) is 0 Å². The summed E-state index contributed by atoms with van der Waals surface area (Å²) in [5.41, 5.74) is 1.32. The van der Waals surface area contributed by atoms with Crippen LogP contribution in [0.15, 0.2) is 5.38 Å². The maximum atomic E-state index is 10.2. The van der Waals surface area contributed by atoms with Gasteiger partial charge in [-0.2, -0.15) is 0 Å². The van der Waals surface area contributed by atoms with Gasteiger partial charge in [0, 0.05) is 17.2 Å². The molecule has 1 aliphatic rings. The minimum atomic E-state index is -0.116. The molecule has 3 heteroatoms. The molecule has 1 N–H and O–H groups in total. The third-order valence-corrected chi connectivity index (χ3v) is 4.83. The monoisotopic (exact) mass is 267 g/mol. The summed E-state index contributed by atoms with van der Waals surface area (Å²) in [6, 6.07) is 0. The van der Waals surface area contributed by atoms with Crippen LogP contribution in [-0.2, 0) is 11.8 Å². The Bertz CT molecular complexity index is 374. The second-order valence-corrected chi connectivity index (χ2v) is 7.47. The van der Waals surface area contributed by atoms with E-state index >= 15 is 0 Å². The van der Waals surface area contributed by atoms with Crippen molar-refractivity contribution in [3.05, 3.63) is 16.1 Å². The van der Waals surface area contributed by atoms with Crippen molar-refractivity contribution >= 4 is 11.3 Å². The zero-order chi connectivity index (χ0) is 13.2. The molecule has 0 saturated heterocycles. The molecule has 0 spiro atoms. The van der Waals surface area contributed by atoms with E-state index in [-0.39, 0.29) is 11.5 Å². The molecule has 2 nitrogen and oxygen atoms in total. The maximum Gasteiger partial charge on any atom is 0.0929 e. The molecule has 0 aromatic carbocycles. The average Bonchev–Trinajstić information content (AvgIpc) is 2.96. The van der Waals surface area contributed by atoms with Crippen molar-refractivity contribution in [1.29, 1.82) is 0 Å². The van der Waals surface area contributed by atoms with Crippen LogP contribution >= 0.6 is 11.3 Å². The summed E-state index contributed by atoms with van der Waals surface area (Å²) in [5, 5.41) is 13.5. The third-order valence-electron chi connectivity index (χ3n) is 3.92. The highest BCUT2D eigenvalue weighted by molar-refractivity contribution is 7.09. The number of aryl methyl sites for hydroxylation is 1. The van der Waals surface area contributed by atoms with Crippen LogP contribution in [0, 0.1) is 5.92 Å². The zero-order valence-electron chi connectivity index (χ0n) is 11.8. The number of nitrogens with zero attached hydrogens (tertiary/aromatic N) is 1. The van der Waals surface area contributed by atoms with E-state index in [1.54, 1.807) is 11.3 Å². The van der Waals surface area contributed by atoms with Gasteiger partial charge in [0.15, 0.2) is 0 Å². The van der Waals surface area contributed by atoms with E-state index in [4.69, 9.17) is 0 Å². The van der Waals surface area contributed by atoms with Crippen molar-refractivity contribution in [3.63, 3.8) is 0 Å². The Morgan fingerprint density at radius 2 is 2.06 bits per heavy atom. The summed E-state index contributed by atoms with van der Waals surface area (Å²) in [6.45, 7) is 6.58. The lowest BCUT2D eigenvalue weighted by Gasteiger charge is -2.17. The maximum absolute atomic E-state index is 10.2. The predicted octanol–water partition coefficient (Wildman–Crippen LogP) is 3.92. The molecule has 102 valence electrons. The van der Waals surface area contributed by atoms with Crippen LogP contribution in [0.25, 0.3) is 0 Å². The molecule has 1 unspecified atom stereocenters. The van der Waals surface area contributed by atoms with Crippen molar-refractivity contribution in [2.24, 2.45) is 5.92 Å². The van der Waals surface area contributed by atoms with Gasteiger partial charge in [-0.25, -0.2) is 4.98 Å². The molecule has 1 fully saturated rings. The van der Waals surface area contributed by atoms with E-state index in [1.165, 1.54) is 36.4 Å². The van der Waals surface area contributed by atoms with E-state index in [2.05, 4.69) is 31.1 Å². The second-order valence-electron chi connectivity index (χ2n) is 6.53. The second kappa shape index (κ2) is 5.70. The van der Waals surface area contributed by atoms with Gasteiger partial charge in [-0.15, -0.1) is 11.3 Å². The first-order valence-corrected chi connectivity index (χ1v) is 7.98. The van der Waals surface area contributed by atoms with Crippen LogP contribution in [0.3, 0.4) is 0 Å². The Kier molecular flexibility index (Phi) is 4.44. The standard InChI is InChI=1S/C15H25NOS/c1-15(2,3)13-10-18-14(16-13)9-8-12(17)11-6-4-5-7-11/h10-12,17H,4-9H2,1-3H3. The highest BCUT2D eigenvalue weighted by Gasteiger charge is 2.23. The summed E-state index contributed by atoms with van der Waals surface area (Å²) in [5.74, 6) is 0.548. The fourth-order valence-corrected chi connectivity index (χ4v) is 3.66. The number of aliphatic hydroxyl groups is 1. The normalized spacial score (nSPS) is 19.3. The molecule has 18 heavy (non-hydrogen) atoms. The van der Waals surface area contributed by atoms with Gasteiger partial charge in [0.25, 0.3) is 0 Å². The SMILES string of the molecule is CC(C)(C)c1csc(CCC(O)C2CCCC2)n1. The van der Waals surface area contributed by atoms with Gasteiger partial charge < -0.3 is 5.11 Å². The van der Waals surface area contributed by atoms with Crippen LogP contribution in [0.5, 0.6) is 0 Å². The number of aromatic nitrogens is 1. The van der Waals surface area contributed by atoms with Crippen LogP contribution in [-0.4, -0.2) is 16.2 Å². The van der Waals surface area contributed by atoms with Crippen LogP contribution in [0.4, 0.5) is 0 Å². The highest BCUT2D eigenvalue weighted by Crippen LogP contribution is 2.30. The topological polar surface area (TPSA) is 33.1 Å². The number of thiazole rings is 1. The Labute approximate surface area is 114 Å². The summed E-state index contributed by atoms with van der Waals surface area (Å²) in [7, 11) is 0. The minimum absolute atomic E-state index is 0.116. The van der Waals surface area contributed by atoms with E-state index in [0.29, 0.717) is 5.92 Å². The molecule has 2 rings (SSSR count). The highest BCUT2D eigenvalue weighted by atomic mass is 32.1. The van der Waals surface area contributed by atoms with Crippen LogP contribution < -0.4 is 0 Å². The summed E-state index contributed by atoms with van der Waals surface area (Å²) in [4.78, 5) is 4.69. The molecule has 1 atom stereocenters. The van der Waals surface area contributed by atoms with E-state index < -0.39 is 0 Å². The van der Waals surface area contributed by atoms with E-state index in [9.17, 15) is 5.11 Å². The average molecular weight is 267 g/mol. The van der Waals surface area contributed by atoms with Crippen molar-refractivity contribution in [3.8, 4) is 0 Å². The van der Waals surface area contributed by atoms with Gasteiger partial charge in [-0.3, -0.25) is 0 Å². The lowest BCUT2D eigenvalue weighted by Crippen LogP contribution is -2.18. The molecule has 1 aliphatic carbocycles. The Balaban J connectivity index is 1.84. The van der Waals surface area contributed by atoms with Crippen molar-refractivity contribution in [1.82, 2.24) is 4.98 Å². The molecule has 1 aromatic heterocycles. The summed E-state index contributed by atoms with van der Waals surface area (Å²) in [6.07, 6.45) is 6.72. The Morgan fingerprint density at radius 1 is 1.39 bits per heavy atom. The van der Waals surface area contributed by atoms with Gasteiger partial charge in [-0.05, 0) is 25.2 Å². The summed E-state index contributed by atoms with van der Waals surface area (Å²) >= 11 is 1.74. The lowest BCUT2D eigenvalue weighted by molar-refractivity contribution is 0.102. The van der Waals surface area contributed by atoms with E-state index in [1.807, 2.05) is 0 Å². The molecule has 1 heterocycles. The predicted molar refractivity (Wildman–Crippen MR) is 77.1 cm³/mol. The summed E-state index contributed by atoms with van der Waals surface area (Å²) < 4.78 is 0. The molecule has 0 bridgehead atoms. The molecular weight excluding hydrogens is 242 g/mol. The van der Waals surface area contributed by atoms with Gasteiger partial charge >= 0.3 is 0 Å². The largest absolute Gasteiger partial charge is 0.393 e. The number of hydrogen-bond donors (Lipinski definition) is 1. The van der Waals surface area contributed by atoms with Gasteiger partial charge in [0.05, 0.1) is 16.8 Å². The first-order chi connectivity index (χ1) is 8.47. The lowest BCUT2D eigenvalue weighted by atomic mass is 9.93. The smallest absolute Gasteiger partial charge is 0.0929 e. The molecule has 1 saturated carbocycles. The third kappa shape index (κ3) is 3.55. The van der Waals surface area contributed by atoms with Crippen molar-refractivity contribution in [2.45, 2.75) is 70.8 Å². The molecular formula is C15H25NOS. The molecule has 0 amide bonds. The fourth-order valence-electron chi connectivity index (χ4n) is 2.62. The number of aliphatic hydroxyl groups excluding tert-OH is 1. The number of rotatable bonds is 4. The van der Waals surface area contributed by atoms with Crippen molar-refractivity contribution < 1.29 is 5.11 Å². The number of hydrogen-bond acceptors (Lipinski definition) is 3. The van der Waals surface area contributed by atoms with Crippen LogP contribution in [0.1, 0.15) is 63.6 Å². The Morgan fingerprint density at radius 3 is 2.61 bits per heavy atom. The van der Waals surface area contributed by atoms with Gasteiger partial charge in [-0.1, -0.05) is 33.6 Å². The molecule has 0 radical (unpaired) electrons. The molecule has 1 aromatic rings. The quantitative estimate of drug-likeness (QED) is 0.897.